The third kappa shape index (κ3) is 5.42. The molecule has 0 radical (unpaired) electrons. The quantitative estimate of drug-likeness (QED) is 0.793. The SMILES string of the molecule is Cn1cccc1C(=O)NC(=O)COC(=O)C1CCN(C(=O)C(C)(C)C)CC1. The molecule has 0 atom stereocenters. The summed E-state index contributed by atoms with van der Waals surface area (Å²) in [5.74, 6) is -1.97. The number of piperidine rings is 1. The minimum atomic E-state index is -0.671. The Kier molecular flexibility index (Phi) is 6.41. The fourth-order valence-electron chi connectivity index (χ4n) is 2.97. The molecule has 1 aliphatic heterocycles. The smallest absolute Gasteiger partial charge is 0.309 e. The van der Waals surface area contributed by atoms with Crippen LogP contribution in [0.15, 0.2) is 18.3 Å². The molecular formula is C19H27N3O5. The third-order valence-corrected chi connectivity index (χ3v) is 4.53. The van der Waals surface area contributed by atoms with Crippen LogP contribution in [0.3, 0.4) is 0 Å². The lowest BCUT2D eigenvalue weighted by molar-refractivity contribution is -0.155. The van der Waals surface area contributed by atoms with Gasteiger partial charge in [-0.2, -0.15) is 0 Å². The summed E-state index contributed by atoms with van der Waals surface area (Å²) in [6.07, 6.45) is 2.70. The zero-order valence-corrected chi connectivity index (χ0v) is 16.3. The molecule has 0 unspecified atom stereocenters. The molecule has 0 saturated carbocycles. The standard InChI is InChI=1S/C19H27N3O5/c1-19(2,3)18(26)22-10-7-13(8-11-22)17(25)27-12-15(23)20-16(24)14-6-5-9-21(14)4/h5-6,9,13H,7-8,10-12H2,1-4H3,(H,20,23,24). The van der Waals surface area contributed by atoms with E-state index >= 15 is 0 Å². The number of hydrogen-bond donors (Lipinski definition) is 1. The Labute approximate surface area is 158 Å². The van der Waals surface area contributed by atoms with Gasteiger partial charge in [0, 0.05) is 31.7 Å². The minimum Gasteiger partial charge on any atom is -0.455 e. The Morgan fingerprint density at radius 2 is 1.81 bits per heavy atom. The van der Waals surface area contributed by atoms with Gasteiger partial charge in [-0.05, 0) is 25.0 Å². The van der Waals surface area contributed by atoms with Crippen LogP contribution < -0.4 is 5.32 Å². The molecule has 1 aromatic rings. The molecule has 1 saturated heterocycles. The summed E-state index contributed by atoms with van der Waals surface area (Å²) in [6, 6.07) is 3.28. The average Bonchev–Trinajstić information content (AvgIpc) is 3.04. The highest BCUT2D eigenvalue weighted by Crippen LogP contribution is 2.24. The van der Waals surface area contributed by atoms with Gasteiger partial charge in [-0.1, -0.05) is 20.8 Å². The molecule has 0 aromatic carbocycles. The summed E-state index contributed by atoms with van der Waals surface area (Å²) in [5.41, 5.74) is -0.110. The van der Waals surface area contributed by atoms with Gasteiger partial charge < -0.3 is 14.2 Å². The van der Waals surface area contributed by atoms with Gasteiger partial charge in [0.25, 0.3) is 11.8 Å². The number of likely N-dealkylation sites (tertiary alicyclic amines) is 1. The molecule has 1 aromatic heterocycles. The maximum absolute atomic E-state index is 12.3. The monoisotopic (exact) mass is 377 g/mol. The Balaban J connectivity index is 1.75. The van der Waals surface area contributed by atoms with E-state index in [9.17, 15) is 19.2 Å². The van der Waals surface area contributed by atoms with E-state index in [1.165, 1.54) is 0 Å². The summed E-state index contributed by atoms with van der Waals surface area (Å²) >= 11 is 0. The lowest BCUT2D eigenvalue weighted by Gasteiger charge is -2.34. The molecule has 148 valence electrons. The van der Waals surface area contributed by atoms with Crippen molar-refractivity contribution in [2.45, 2.75) is 33.6 Å². The first kappa shape index (κ1) is 20.7. The molecule has 0 bridgehead atoms. The van der Waals surface area contributed by atoms with Crippen molar-refractivity contribution in [3.63, 3.8) is 0 Å². The molecular weight excluding hydrogens is 350 g/mol. The fraction of sp³-hybridized carbons (Fsp3) is 0.579. The molecule has 8 nitrogen and oxygen atoms in total. The van der Waals surface area contributed by atoms with E-state index in [1.807, 2.05) is 20.8 Å². The highest BCUT2D eigenvalue weighted by atomic mass is 16.5. The van der Waals surface area contributed by atoms with Gasteiger partial charge in [0.1, 0.15) is 5.69 Å². The van der Waals surface area contributed by atoms with Crippen molar-refractivity contribution in [1.29, 1.82) is 0 Å². The number of aromatic nitrogens is 1. The predicted molar refractivity (Wildman–Crippen MR) is 97.6 cm³/mol. The molecule has 0 spiro atoms. The van der Waals surface area contributed by atoms with E-state index in [2.05, 4.69) is 5.32 Å². The van der Waals surface area contributed by atoms with Gasteiger partial charge in [-0.15, -0.1) is 0 Å². The number of carbonyl (C=O) groups excluding carboxylic acids is 4. The second-order valence-corrected chi connectivity index (χ2v) is 7.81. The van der Waals surface area contributed by atoms with Crippen molar-refractivity contribution in [2.24, 2.45) is 18.4 Å². The van der Waals surface area contributed by atoms with E-state index in [1.54, 1.807) is 34.8 Å². The zero-order chi connectivity index (χ0) is 20.2. The molecule has 0 aliphatic carbocycles. The van der Waals surface area contributed by atoms with Crippen molar-refractivity contribution in [2.75, 3.05) is 19.7 Å². The Morgan fingerprint density at radius 1 is 1.19 bits per heavy atom. The highest BCUT2D eigenvalue weighted by molar-refractivity contribution is 6.04. The van der Waals surface area contributed by atoms with Crippen LogP contribution in [-0.2, 0) is 26.2 Å². The normalized spacial score (nSPS) is 15.3. The Morgan fingerprint density at radius 3 is 2.33 bits per heavy atom. The molecule has 2 heterocycles. The average molecular weight is 377 g/mol. The topological polar surface area (TPSA) is 97.7 Å². The van der Waals surface area contributed by atoms with Gasteiger partial charge in [-0.25, -0.2) is 0 Å². The van der Waals surface area contributed by atoms with Crippen molar-refractivity contribution >= 4 is 23.7 Å². The number of rotatable bonds is 4. The van der Waals surface area contributed by atoms with Gasteiger partial charge in [0.15, 0.2) is 6.61 Å². The van der Waals surface area contributed by atoms with Crippen molar-refractivity contribution in [1.82, 2.24) is 14.8 Å². The van der Waals surface area contributed by atoms with Crippen LogP contribution in [-0.4, -0.2) is 52.9 Å². The van der Waals surface area contributed by atoms with Crippen LogP contribution in [0.4, 0.5) is 0 Å². The number of hydrogen-bond acceptors (Lipinski definition) is 5. The number of ether oxygens (including phenoxy) is 1. The number of amides is 3. The van der Waals surface area contributed by atoms with Crippen LogP contribution in [0, 0.1) is 11.3 Å². The maximum Gasteiger partial charge on any atom is 0.309 e. The number of nitrogens with zero attached hydrogens (tertiary/aromatic N) is 2. The Bertz CT molecular complexity index is 724. The summed E-state index contributed by atoms with van der Waals surface area (Å²) in [7, 11) is 1.69. The zero-order valence-electron chi connectivity index (χ0n) is 16.3. The summed E-state index contributed by atoms with van der Waals surface area (Å²) in [6.45, 7) is 6.08. The summed E-state index contributed by atoms with van der Waals surface area (Å²) in [4.78, 5) is 49.9. The first-order chi connectivity index (χ1) is 12.6. The van der Waals surface area contributed by atoms with E-state index in [-0.39, 0.29) is 11.8 Å². The van der Waals surface area contributed by atoms with Crippen molar-refractivity contribution in [3.05, 3.63) is 24.0 Å². The second kappa shape index (κ2) is 8.37. The van der Waals surface area contributed by atoms with Crippen LogP contribution in [0.25, 0.3) is 0 Å². The van der Waals surface area contributed by atoms with E-state index in [4.69, 9.17) is 4.74 Å². The van der Waals surface area contributed by atoms with Crippen molar-refractivity contribution in [3.8, 4) is 0 Å². The molecule has 1 aliphatic rings. The molecule has 2 rings (SSSR count). The van der Waals surface area contributed by atoms with Crippen LogP contribution in [0.5, 0.6) is 0 Å². The molecule has 1 fully saturated rings. The van der Waals surface area contributed by atoms with E-state index in [0.29, 0.717) is 31.6 Å². The second-order valence-electron chi connectivity index (χ2n) is 7.81. The van der Waals surface area contributed by atoms with Gasteiger partial charge in [-0.3, -0.25) is 24.5 Å². The number of esters is 1. The van der Waals surface area contributed by atoms with Gasteiger partial charge in [0.2, 0.25) is 5.91 Å². The van der Waals surface area contributed by atoms with E-state index in [0.717, 1.165) is 0 Å². The van der Waals surface area contributed by atoms with Gasteiger partial charge >= 0.3 is 5.97 Å². The molecule has 3 amide bonds. The maximum atomic E-state index is 12.3. The van der Waals surface area contributed by atoms with Crippen LogP contribution in [0.1, 0.15) is 44.1 Å². The molecule has 27 heavy (non-hydrogen) atoms. The number of carbonyl (C=O) groups is 4. The van der Waals surface area contributed by atoms with Crippen LogP contribution >= 0.6 is 0 Å². The molecule has 1 N–H and O–H groups in total. The lowest BCUT2D eigenvalue weighted by Crippen LogP contribution is -2.45. The largest absolute Gasteiger partial charge is 0.455 e. The fourth-order valence-corrected chi connectivity index (χ4v) is 2.97. The first-order valence-corrected chi connectivity index (χ1v) is 9.01. The first-order valence-electron chi connectivity index (χ1n) is 9.01. The third-order valence-electron chi connectivity index (χ3n) is 4.53. The minimum absolute atomic E-state index is 0.0629. The van der Waals surface area contributed by atoms with E-state index < -0.39 is 29.8 Å². The molecule has 8 heteroatoms. The Hall–Kier alpha value is -2.64. The summed E-state index contributed by atoms with van der Waals surface area (Å²) in [5, 5.41) is 2.19. The van der Waals surface area contributed by atoms with Gasteiger partial charge in [0.05, 0.1) is 5.92 Å². The summed E-state index contributed by atoms with van der Waals surface area (Å²) < 4.78 is 6.63. The number of imide groups is 1. The van der Waals surface area contributed by atoms with Crippen LogP contribution in [0.2, 0.25) is 0 Å². The number of nitrogens with one attached hydrogen (secondary N) is 1. The lowest BCUT2D eigenvalue weighted by atomic mass is 9.91. The highest BCUT2D eigenvalue weighted by Gasteiger charge is 2.33. The van der Waals surface area contributed by atoms with Crippen molar-refractivity contribution < 1.29 is 23.9 Å². The number of aryl methyl sites for hydroxylation is 1. The predicted octanol–water partition coefficient (Wildman–Crippen LogP) is 1.11.